The van der Waals surface area contributed by atoms with E-state index in [1.807, 2.05) is 53.2 Å². The summed E-state index contributed by atoms with van der Waals surface area (Å²) in [5, 5.41) is 10.4. The highest BCUT2D eigenvalue weighted by Crippen LogP contribution is 2.15. The molecule has 0 saturated heterocycles. The number of fused-ring (bicyclic) bond motifs is 1. The van der Waals surface area contributed by atoms with Crippen molar-refractivity contribution >= 4 is 16.8 Å². The van der Waals surface area contributed by atoms with Crippen molar-refractivity contribution in [2.24, 2.45) is 0 Å². The Morgan fingerprint density at radius 1 is 1.17 bits per heavy atom. The topological polar surface area (TPSA) is 58.4 Å². The van der Waals surface area contributed by atoms with Gasteiger partial charge in [-0.25, -0.2) is 0 Å². The molecule has 0 bridgehead atoms. The summed E-state index contributed by atoms with van der Waals surface area (Å²) in [6, 6.07) is 13.7. The van der Waals surface area contributed by atoms with Crippen LogP contribution in [0.25, 0.3) is 10.9 Å². The lowest BCUT2D eigenvalue weighted by Gasteiger charge is -2.22. The van der Waals surface area contributed by atoms with Crippen molar-refractivity contribution in [1.82, 2.24) is 14.5 Å². The molecule has 23 heavy (non-hydrogen) atoms. The normalized spacial score (nSPS) is 10.8. The first-order valence-electron chi connectivity index (χ1n) is 7.59. The molecule has 3 aromatic rings. The van der Waals surface area contributed by atoms with E-state index in [1.165, 1.54) is 0 Å². The van der Waals surface area contributed by atoms with Crippen molar-refractivity contribution in [3.05, 3.63) is 66.6 Å². The second kappa shape index (κ2) is 7.07. The van der Waals surface area contributed by atoms with E-state index in [0.717, 1.165) is 16.5 Å². The van der Waals surface area contributed by atoms with E-state index < -0.39 is 0 Å². The molecule has 0 radical (unpaired) electrons. The number of carbonyl (C=O) groups is 1. The third-order valence-electron chi connectivity index (χ3n) is 3.80. The molecule has 0 saturated carbocycles. The number of aromatic nitrogens is 2. The summed E-state index contributed by atoms with van der Waals surface area (Å²) < 4.78 is 1.94. The number of nitrogens with zero attached hydrogens (tertiary/aromatic N) is 3. The van der Waals surface area contributed by atoms with Crippen LogP contribution in [-0.2, 0) is 17.9 Å². The number of carbonyl (C=O) groups excluding carboxylic acids is 1. The van der Waals surface area contributed by atoms with Crippen LogP contribution in [0.5, 0.6) is 0 Å². The molecule has 0 fully saturated rings. The fourth-order valence-electron chi connectivity index (χ4n) is 2.65. The molecule has 5 heteroatoms. The van der Waals surface area contributed by atoms with Gasteiger partial charge >= 0.3 is 0 Å². The summed E-state index contributed by atoms with van der Waals surface area (Å²) in [6.45, 7) is 0.964. The van der Waals surface area contributed by atoms with Crippen LogP contribution < -0.4 is 0 Å². The Labute approximate surface area is 134 Å². The van der Waals surface area contributed by atoms with Crippen molar-refractivity contribution < 1.29 is 9.90 Å². The molecule has 0 aliphatic heterocycles. The zero-order valence-electron chi connectivity index (χ0n) is 12.8. The van der Waals surface area contributed by atoms with Crippen LogP contribution in [0.3, 0.4) is 0 Å². The van der Waals surface area contributed by atoms with Gasteiger partial charge in [0.25, 0.3) is 0 Å². The first-order chi connectivity index (χ1) is 11.3. The largest absolute Gasteiger partial charge is 0.395 e. The summed E-state index contributed by atoms with van der Waals surface area (Å²) in [7, 11) is 0. The van der Waals surface area contributed by atoms with Gasteiger partial charge in [0.2, 0.25) is 5.91 Å². The number of benzene rings is 1. The number of rotatable bonds is 6. The fraction of sp³-hybridized carbons (Fsp3) is 0.222. The molecule has 3 rings (SSSR count). The lowest BCUT2D eigenvalue weighted by molar-refractivity contribution is -0.132. The molecule has 1 aromatic carbocycles. The SMILES string of the molecule is O=C(Cn1ccc2ccccc21)N(CCO)Cc1cccnc1. The summed E-state index contributed by atoms with van der Waals surface area (Å²) >= 11 is 0. The number of para-hydroxylation sites is 1. The van der Waals surface area contributed by atoms with Crippen molar-refractivity contribution in [2.45, 2.75) is 13.1 Å². The van der Waals surface area contributed by atoms with E-state index in [1.54, 1.807) is 17.3 Å². The van der Waals surface area contributed by atoms with Crippen molar-refractivity contribution in [3.8, 4) is 0 Å². The molecule has 5 nitrogen and oxygen atoms in total. The van der Waals surface area contributed by atoms with E-state index in [9.17, 15) is 9.90 Å². The van der Waals surface area contributed by atoms with Crippen LogP contribution in [0, 0.1) is 0 Å². The van der Waals surface area contributed by atoms with E-state index in [0.29, 0.717) is 13.1 Å². The predicted molar refractivity (Wildman–Crippen MR) is 88.7 cm³/mol. The average Bonchev–Trinajstić information content (AvgIpc) is 2.99. The van der Waals surface area contributed by atoms with Crippen molar-refractivity contribution in [3.63, 3.8) is 0 Å². The Morgan fingerprint density at radius 2 is 2.04 bits per heavy atom. The maximum atomic E-state index is 12.6. The van der Waals surface area contributed by atoms with Gasteiger partial charge in [-0.1, -0.05) is 24.3 Å². The molecule has 0 aliphatic rings. The van der Waals surface area contributed by atoms with Crippen LogP contribution >= 0.6 is 0 Å². The van der Waals surface area contributed by atoms with Gasteiger partial charge in [-0.05, 0) is 29.1 Å². The summed E-state index contributed by atoms with van der Waals surface area (Å²) in [5.41, 5.74) is 1.98. The van der Waals surface area contributed by atoms with E-state index >= 15 is 0 Å². The molecule has 2 aromatic heterocycles. The van der Waals surface area contributed by atoms with E-state index in [4.69, 9.17) is 0 Å². The van der Waals surface area contributed by atoms with Crippen molar-refractivity contribution in [2.75, 3.05) is 13.2 Å². The van der Waals surface area contributed by atoms with E-state index in [2.05, 4.69) is 4.98 Å². The molecule has 2 heterocycles. The Balaban J connectivity index is 1.76. The standard InChI is InChI=1S/C18H19N3O2/c22-11-10-21(13-15-4-3-8-19-12-15)18(23)14-20-9-7-16-5-1-2-6-17(16)20/h1-9,12,22H,10-11,13-14H2. The van der Waals surface area contributed by atoms with Gasteiger partial charge in [-0.3, -0.25) is 9.78 Å². The smallest absolute Gasteiger partial charge is 0.242 e. The number of aliphatic hydroxyl groups is 1. The Kier molecular flexibility index (Phi) is 4.68. The monoisotopic (exact) mass is 309 g/mol. The molecule has 0 atom stereocenters. The van der Waals surface area contributed by atoms with Gasteiger partial charge < -0.3 is 14.6 Å². The van der Waals surface area contributed by atoms with Crippen LogP contribution in [0.2, 0.25) is 0 Å². The van der Waals surface area contributed by atoms with Crippen LogP contribution in [0.15, 0.2) is 61.1 Å². The molecule has 118 valence electrons. The number of hydrogen-bond donors (Lipinski definition) is 1. The average molecular weight is 309 g/mol. The summed E-state index contributed by atoms with van der Waals surface area (Å²) in [4.78, 5) is 18.3. The Morgan fingerprint density at radius 3 is 2.83 bits per heavy atom. The third-order valence-corrected chi connectivity index (χ3v) is 3.80. The molecule has 1 N–H and O–H groups in total. The maximum absolute atomic E-state index is 12.6. The minimum atomic E-state index is -0.0571. The zero-order valence-corrected chi connectivity index (χ0v) is 12.8. The quantitative estimate of drug-likeness (QED) is 0.758. The molecular weight excluding hydrogens is 290 g/mol. The Bertz CT molecular complexity index is 783. The number of aliphatic hydroxyl groups excluding tert-OH is 1. The minimum Gasteiger partial charge on any atom is -0.395 e. The van der Waals surface area contributed by atoms with Gasteiger partial charge in [-0.2, -0.15) is 0 Å². The van der Waals surface area contributed by atoms with E-state index in [-0.39, 0.29) is 19.1 Å². The summed E-state index contributed by atoms with van der Waals surface area (Å²) in [6.07, 6.45) is 5.36. The number of amides is 1. The lowest BCUT2D eigenvalue weighted by atomic mass is 10.2. The van der Waals surface area contributed by atoms with Crippen LogP contribution in [0.4, 0.5) is 0 Å². The van der Waals surface area contributed by atoms with Gasteiger partial charge in [0.15, 0.2) is 0 Å². The highest BCUT2D eigenvalue weighted by Gasteiger charge is 2.15. The third kappa shape index (κ3) is 3.57. The lowest BCUT2D eigenvalue weighted by Crippen LogP contribution is -2.35. The Hall–Kier alpha value is -2.66. The zero-order chi connectivity index (χ0) is 16.1. The number of hydrogen-bond acceptors (Lipinski definition) is 3. The number of pyridine rings is 1. The molecule has 1 amide bonds. The molecular formula is C18H19N3O2. The van der Waals surface area contributed by atoms with Crippen LogP contribution in [-0.4, -0.2) is 38.6 Å². The highest BCUT2D eigenvalue weighted by atomic mass is 16.3. The minimum absolute atomic E-state index is 0.0238. The van der Waals surface area contributed by atoms with Gasteiger partial charge in [0.1, 0.15) is 6.54 Å². The molecule has 0 spiro atoms. The first-order valence-corrected chi connectivity index (χ1v) is 7.59. The maximum Gasteiger partial charge on any atom is 0.242 e. The van der Waals surface area contributed by atoms with Crippen molar-refractivity contribution in [1.29, 1.82) is 0 Å². The van der Waals surface area contributed by atoms with Gasteiger partial charge in [-0.15, -0.1) is 0 Å². The highest BCUT2D eigenvalue weighted by molar-refractivity contribution is 5.83. The molecule has 0 unspecified atom stereocenters. The van der Waals surface area contributed by atoms with Gasteiger partial charge in [0.05, 0.1) is 6.61 Å². The second-order valence-electron chi connectivity index (χ2n) is 5.40. The van der Waals surface area contributed by atoms with Gasteiger partial charge in [0, 0.05) is 37.2 Å². The van der Waals surface area contributed by atoms with Crippen LogP contribution in [0.1, 0.15) is 5.56 Å². The first kappa shape index (κ1) is 15.2. The summed E-state index contributed by atoms with van der Waals surface area (Å²) in [5.74, 6) is -0.0238. The molecule has 0 aliphatic carbocycles. The fourth-order valence-corrected chi connectivity index (χ4v) is 2.65. The predicted octanol–water partition coefficient (Wildman–Crippen LogP) is 2.06. The second-order valence-corrected chi connectivity index (χ2v) is 5.40.